The number of nitrogens with zero attached hydrogens (tertiary/aromatic N) is 3. The summed E-state index contributed by atoms with van der Waals surface area (Å²) in [5.74, 6) is 1.69. The van der Waals surface area contributed by atoms with Gasteiger partial charge in [-0.05, 0) is 31.9 Å². The fourth-order valence-corrected chi connectivity index (χ4v) is 3.60. The summed E-state index contributed by atoms with van der Waals surface area (Å²) >= 11 is 0. The summed E-state index contributed by atoms with van der Waals surface area (Å²) < 4.78 is 36.0. The van der Waals surface area contributed by atoms with Crippen LogP contribution in [-0.4, -0.2) is 41.8 Å². The van der Waals surface area contributed by atoms with Gasteiger partial charge in [-0.25, -0.2) is 12.7 Å². The monoisotopic (exact) mass is 311 g/mol. The Kier molecular flexibility index (Phi) is 3.81. The van der Waals surface area contributed by atoms with Crippen LogP contribution in [0.25, 0.3) is 11.7 Å². The molecular formula is C13H17N3O4S. The summed E-state index contributed by atoms with van der Waals surface area (Å²) in [6.45, 7) is 2.66. The Bertz CT molecular complexity index is 685. The minimum atomic E-state index is -3.11. The number of sulfonamides is 1. The Balaban J connectivity index is 1.68. The highest BCUT2D eigenvalue weighted by molar-refractivity contribution is 7.89. The highest BCUT2D eigenvalue weighted by atomic mass is 32.2. The molecule has 7 nitrogen and oxygen atoms in total. The van der Waals surface area contributed by atoms with Crippen molar-refractivity contribution in [1.29, 1.82) is 0 Å². The summed E-state index contributed by atoms with van der Waals surface area (Å²) in [5, 5.41) is 8.03. The van der Waals surface area contributed by atoms with Gasteiger partial charge >= 0.3 is 0 Å². The second kappa shape index (κ2) is 5.61. The number of hydrogen-bond acceptors (Lipinski definition) is 6. The maximum Gasteiger partial charge on any atom is 0.283 e. The zero-order chi connectivity index (χ0) is 14.9. The maximum atomic E-state index is 11.8. The first-order valence-corrected chi connectivity index (χ1v) is 8.56. The van der Waals surface area contributed by atoms with E-state index >= 15 is 0 Å². The summed E-state index contributed by atoms with van der Waals surface area (Å²) in [6, 6.07) is 3.51. The molecule has 2 aromatic heterocycles. The van der Waals surface area contributed by atoms with E-state index in [1.54, 1.807) is 25.3 Å². The zero-order valence-electron chi connectivity index (χ0n) is 11.7. The summed E-state index contributed by atoms with van der Waals surface area (Å²) in [5.41, 5.74) is 0. The predicted octanol–water partition coefficient (Wildman–Crippen LogP) is 1.86. The third-order valence-corrected chi connectivity index (χ3v) is 5.62. The van der Waals surface area contributed by atoms with Crippen molar-refractivity contribution in [2.45, 2.75) is 25.7 Å². The Labute approximate surface area is 123 Å². The van der Waals surface area contributed by atoms with Crippen LogP contribution in [0, 0.1) is 0 Å². The topological polar surface area (TPSA) is 89.4 Å². The van der Waals surface area contributed by atoms with E-state index in [-0.39, 0.29) is 11.7 Å². The standard InChI is InChI=1S/C13H17N3O4S/c1-2-21(17,18)16-7-5-10(6-8-16)12-14-15-13(20-12)11-4-3-9-19-11/h3-4,9-10H,2,5-8H2,1H3. The molecule has 3 heterocycles. The van der Waals surface area contributed by atoms with Crippen molar-refractivity contribution in [3.63, 3.8) is 0 Å². The SMILES string of the molecule is CCS(=O)(=O)N1CCC(c2nnc(-c3ccco3)o2)CC1. The summed E-state index contributed by atoms with van der Waals surface area (Å²) in [7, 11) is -3.11. The smallest absolute Gasteiger partial charge is 0.283 e. The van der Waals surface area contributed by atoms with Crippen molar-refractivity contribution in [3.8, 4) is 11.7 Å². The van der Waals surface area contributed by atoms with Gasteiger partial charge in [0.25, 0.3) is 5.89 Å². The molecule has 1 aliphatic rings. The molecule has 0 bridgehead atoms. The summed E-state index contributed by atoms with van der Waals surface area (Å²) in [4.78, 5) is 0. The molecule has 0 atom stereocenters. The molecule has 114 valence electrons. The number of aromatic nitrogens is 2. The Morgan fingerprint density at radius 2 is 2.10 bits per heavy atom. The van der Waals surface area contributed by atoms with Crippen molar-refractivity contribution in [2.24, 2.45) is 0 Å². The van der Waals surface area contributed by atoms with Crippen LogP contribution in [0.1, 0.15) is 31.6 Å². The van der Waals surface area contributed by atoms with Crippen molar-refractivity contribution in [1.82, 2.24) is 14.5 Å². The van der Waals surface area contributed by atoms with Crippen molar-refractivity contribution in [3.05, 3.63) is 24.3 Å². The minimum absolute atomic E-state index is 0.101. The Morgan fingerprint density at radius 1 is 1.33 bits per heavy atom. The first-order chi connectivity index (χ1) is 10.1. The lowest BCUT2D eigenvalue weighted by Gasteiger charge is -2.29. The van der Waals surface area contributed by atoms with Crippen molar-refractivity contribution in [2.75, 3.05) is 18.8 Å². The van der Waals surface area contributed by atoms with Crippen LogP contribution < -0.4 is 0 Å². The molecule has 0 radical (unpaired) electrons. The van der Waals surface area contributed by atoms with Crippen LogP contribution in [0.5, 0.6) is 0 Å². The number of hydrogen-bond donors (Lipinski definition) is 0. The van der Waals surface area contributed by atoms with Crippen LogP contribution in [-0.2, 0) is 10.0 Å². The molecule has 21 heavy (non-hydrogen) atoms. The highest BCUT2D eigenvalue weighted by Crippen LogP contribution is 2.30. The normalized spacial score (nSPS) is 18.1. The summed E-state index contributed by atoms with van der Waals surface area (Å²) in [6.07, 6.45) is 2.94. The van der Waals surface area contributed by atoms with Gasteiger partial charge in [0.05, 0.1) is 12.0 Å². The van der Waals surface area contributed by atoms with E-state index in [2.05, 4.69) is 10.2 Å². The average Bonchev–Trinajstić information content (AvgIpc) is 3.18. The van der Waals surface area contributed by atoms with Crippen LogP contribution in [0.3, 0.4) is 0 Å². The van der Waals surface area contributed by atoms with Crippen LogP contribution >= 0.6 is 0 Å². The molecule has 3 rings (SSSR count). The molecule has 2 aromatic rings. The average molecular weight is 311 g/mol. The fourth-order valence-electron chi connectivity index (χ4n) is 2.46. The Hall–Kier alpha value is -1.67. The van der Waals surface area contributed by atoms with Crippen molar-refractivity contribution < 1.29 is 17.3 Å². The van der Waals surface area contributed by atoms with Crippen LogP contribution in [0.15, 0.2) is 27.2 Å². The lowest BCUT2D eigenvalue weighted by Crippen LogP contribution is -2.38. The van der Waals surface area contributed by atoms with E-state index in [4.69, 9.17) is 8.83 Å². The van der Waals surface area contributed by atoms with Gasteiger partial charge < -0.3 is 8.83 Å². The van der Waals surface area contributed by atoms with E-state index in [1.807, 2.05) is 0 Å². The largest absolute Gasteiger partial charge is 0.459 e. The third kappa shape index (κ3) is 2.86. The van der Waals surface area contributed by atoms with Gasteiger partial charge in [0, 0.05) is 19.0 Å². The lowest BCUT2D eigenvalue weighted by atomic mass is 9.98. The molecule has 8 heteroatoms. The lowest BCUT2D eigenvalue weighted by molar-refractivity contribution is 0.291. The van der Waals surface area contributed by atoms with Gasteiger partial charge in [0.2, 0.25) is 15.9 Å². The van der Waals surface area contributed by atoms with E-state index in [9.17, 15) is 8.42 Å². The molecule has 0 amide bonds. The molecule has 0 saturated carbocycles. The first kappa shape index (κ1) is 14.3. The Morgan fingerprint density at radius 3 is 2.71 bits per heavy atom. The van der Waals surface area contributed by atoms with E-state index < -0.39 is 10.0 Å². The van der Waals surface area contributed by atoms with Crippen LogP contribution in [0.2, 0.25) is 0 Å². The van der Waals surface area contributed by atoms with Crippen molar-refractivity contribution >= 4 is 10.0 Å². The fraction of sp³-hybridized carbons (Fsp3) is 0.538. The maximum absolute atomic E-state index is 11.8. The molecule has 0 aromatic carbocycles. The second-order valence-corrected chi connectivity index (χ2v) is 7.25. The molecule has 0 N–H and O–H groups in total. The predicted molar refractivity (Wildman–Crippen MR) is 75.0 cm³/mol. The molecule has 0 unspecified atom stereocenters. The van der Waals surface area contributed by atoms with Gasteiger partial charge in [-0.1, -0.05) is 0 Å². The molecule has 1 saturated heterocycles. The highest BCUT2D eigenvalue weighted by Gasteiger charge is 2.30. The molecule has 0 spiro atoms. The van der Waals surface area contributed by atoms with Gasteiger partial charge in [0.15, 0.2) is 5.76 Å². The second-order valence-electron chi connectivity index (χ2n) is 5.00. The third-order valence-electron chi connectivity index (χ3n) is 3.73. The zero-order valence-corrected chi connectivity index (χ0v) is 12.5. The number of furan rings is 1. The van der Waals surface area contributed by atoms with Gasteiger partial charge in [-0.3, -0.25) is 0 Å². The quantitative estimate of drug-likeness (QED) is 0.856. The van der Waals surface area contributed by atoms with Gasteiger partial charge in [-0.15, -0.1) is 10.2 Å². The number of rotatable bonds is 4. The van der Waals surface area contributed by atoms with E-state index in [0.29, 0.717) is 43.5 Å². The number of piperidine rings is 1. The van der Waals surface area contributed by atoms with Gasteiger partial charge in [-0.2, -0.15) is 0 Å². The molecular weight excluding hydrogens is 294 g/mol. The van der Waals surface area contributed by atoms with Gasteiger partial charge in [0.1, 0.15) is 0 Å². The van der Waals surface area contributed by atoms with E-state index in [0.717, 1.165) is 0 Å². The minimum Gasteiger partial charge on any atom is -0.459 e. The molecule has 1 fully saturated rings. The van der Waals surface area contributed by atoms with E-state index in [1.165, 1.54) is 4.31 Å². The first-order valence-electron chi connectivity index (χ1n) is 6.95. The molecule has 1 aliphatic heterocycles. The molecule has 0 aliphatic carbocycles. The van der Waals surface area contributed by atoms with Crippen LogP contribution in [0.4, 0.5) is 0 Å².